The molecule has 0 spiro atoms. The van der Waals surface area contributed by atoms with Crippen LogP contribution in [0, 0.1) is 11.8 Å². The predicted molar refractivity (Wildman–Crippen MR) is 96.3 cm³/mol. The zero-order chi connectivity index (χ0) is 17.5. The zero-order valence-corrected chi connectivity index (χ0v) is 14.2. The lowest BCUT2D eigenvalue weighted by molar-refractivity contribution is -0.140. The smallest absolute Gasteiger partial charge is 0.314 e. The van der Waals surface area contributed by atoms with Gasteiger partial charge in [-0.1, -0.05) is 36.4 Å². The van der Waals surface area contributed by atoms with Crippen molar-refractivity contribution < 1.29 is 14.3 Å². The average molecular weight is 337 g/mol. The number of carbonyl (C=O) groups is 2. The molecule has 0 saturated heterocycles. The molecule has 25 heavy (non-hydrogen) atoms. The first-order valence-electron chi connectivity index (χ1n) is 8.82. The number of nitrogens with one attached hydrogen (secondary N) is 1. The minimum absolute atomic E-state index is 0.0359. The second-order valence-corrected chi connectivity index (χ2v) is 6.53. The largest absolute Gasteiger partial charge is 0.426 e. The third-order valence-electron chi connectivity index (χ3n) is 4.73. The molecule has 0 atom stereocenters. The predicted octanol–water partition coefficient (Wildman–Crippen LogP) is 3.83. The lowest BCUT2D eigenvalue weighted by Crippen LogP contribution is -2.33. The molecule has 2 aromatic carbocycles. The van der Waals surface area contributed by atoms with Crippen LogP contribution >= 0.6 is 0 Å². The van der Waals surface area contributed by atoms with Crippen LogP contribution in [0.5, 0.6) is 5.75 Å². The van der Waals surface area contributed by atoms with Gasteiger partial charge in [-0.2, -0.15) is 0 Å². The summed E-state index contributed by atoms with van der Waals surface area (Å²) in [6, 6.07) is 18.4. The van der Waals surface area contributed by atoms with Crippen LogP contribution in [-0.4, -0.2) is 18.4 Å². The van der Waals surface area contributed by atoms with Crippen LogP contribution in [0.2, 0.25) is 0 Å². The van der Waals surface area contributed by atoms with Gasteiger partial charge in [0.15, 0.2) is 0 Å². The second-order valence-electron chi connectivity index (χ2n) is 6.53. The Bertz CT molecular complexity index is 692. The molecule has 1 aliphatic carbocycles. The van der Waals surface area contributed by atoms with Gasteiger partial charge in [-0.15, -0.1) is 0 Å². The van der Waals surface area contributed by atoms with Crippen molar-refractivity contribution in [3.63, 3.8) is 0 Å². The molecule has 4 heteroatoms. The molecule has 0 heterocycles. The lowest BCUT2D eigenvalue weighted by atomic mass is 9.82. The first-order valence-corrected chi connectivity index (χ1v) is 8.82. The molecule has 1 aliphatic rings. The highest BCUT2D eigenvalue weighted by Gasteiger charge is 2.28. The van der Waals surface area contributed by atoms with Gasteiger partial charge in [-0.05, 0) is 55.9 Å². The Hall–Kier alpha value is -2.62. The fourth-order valence-electron chi connectivity index (χ4n) is 3.22. The Morgan fingerprint density at radius 2 is 1.48 bits per heavy atom. The van der Waals surface area contributed by atoms with Crippen LogP contribution in [0.4, 0.5) is 0 Å². The molecule has 130 valence electrons. The summed E-state index contributed by atoms with van der Waals surface area (Å²) < 4.78 is 5.44. The summed E-state index contributed by atoms with van der Waals surface area (Å²) in [4.78, 5) is 24.3. The van der Waals surface area contributed by atoms with E-state index in [9.17, 15) is 9.59 Å². The number of hydrogen-bond donors (Lipinski definition) is 1. The van der Waals surface area contributed by atoms with E-state index in [0.29, 0.717) is 23.8 Å². The van der Waals surface area contributed by atoms with Gasteiger partial charge in [0.1, 0.15) is 5.75 Å². The molecule has 1 saturated carbocycles. The van der Waals surface area contributed by atoms with Gasteiger partial charge in [0.05, 0.1) is 5.92 Å². The van der Waals surface area contributed by atoms with E-state index in [4.69, 9.17) is 4.74 Å². The highest BCUT2D eigenvalue weighted by atomic mass is 16.5. The topological polar surface area (TPSA) is 55.4 Å². The Balaban J connectivity index is 1.41. The van der Waals surface area contributed by atoms with E-state index < -0.39 is 0 Å². The summed E-state index contributed by atoms with van der Waals surface area (Å²) >= 11 is 0. The Kier molecular flexibility index (Phi) is 5.83. The number of carbonyl (C=O) groups excluding carboxylic acids is 2. The summed E-state index contributed by atoms with van der Waals surface area (Å²) in [5.74, 6) is 0.809. The van der Waals surface area contributed by atoms with Crippen molar-refractivity contribution in [2.45, 2.75) is 25.7 Å². The van der Waals surface area contributed by atoms with E-state index in [1.807, 2.05) is 48.5 Å². The third-order valence-corrected chi connectivity index (χ3v) is 4.73. The average Bonchev–Trinajstić information content (AvgIpc) is 2.68. The summed E-state index contributed by atoms with van der Waals surface area (Å²) in [6.45, 7) is 0.661. The Labute approximate surface area is 148 Å². The molecule has 0 aliphatic heterocycles. The molecular weight excluding hydrogens is 314 g/mol. The Morgan fingerprint density at radius 3 is 2.12 bits per heavy atom. The van der Waals surface area contributed by atoms with Gasteiger partial charge in [0.25, 0.3) is 5.91 Å². The first-order chi connectivity index (χ1) is 12.2. The second kappa shape index (κ2) is 8.47. The van der Waals surface area contributed by atoms with Gasteiger partial charge in [-0.25, -0.2) is 0 Å². The molecule has 1 fully saturated rings. The van der Waals surface area contributed by atoms with Gasteiger partial charge in [0.2, 0.25) is 0 Å². The fourth-order valence-corrected chi connectivity index (χ4v) is 3.22. The molecule has 1 amide bonds. The van der Waals surface area contributed by atoms with Gasteiger partial charge in [0, 0.05) is 12.1 Å². The van der Waals surface area contributed by atoms with Crippen LogP contribution < -0.4 is 10.1 Å². The van der Waals surface area contributed by atoms with Gasteiger partial charge in [-0.3, -0.25) is 9.59 Å². The summed E-state index contributed by atoms with van der Waals surface area (Å²) in [5, 5.41) is 3.00. The number of esters is 1. The maximum atomic E-state index is 12.2. The number of rotatable bonds is 5. The molecule has 4 nitrogen and oxygen atoms in total. The summed E-state index contributed by atoms with van der Waals surface area (Å²) in [5.41, 5.74) is 0.683. The molecule has 0 radical (unpaired) electrons. The van der Waals surface area contributed by atoms with Gasteiger partial charge >= 0.3 is 5.97 Å². The normalized spacial score (nSPS) is 19.8. The first kappa shape index (κ1) is 17.2. The molecule has 0 bridgehead atoms. The van der Waals surface area contributed by atoms with Crippen LogP contribution in [0.15, 0.2) is 60.7 Å². The molecular formula is C21H23NO3. The quantitative estimate of drug-likeness (QED) is 0.666. The minimum atomic E-state index is -0.141. The number of ether oxygens (including phenoxy) is 1. The van der Waals surface area contributed by atoms with E-state index in [2.05, 4.69) is 5.32 Å². The highest BCUT2D eigenvalue weighted by Crippen LogP contribution is 2.29. The number of para-hydroxylation sites is 1. The van der Waals surface area contributed by atoms with E-state index in [1.165, 1.54) is 0 Å². The number of amides is 1. The molecule has 0 aromatic heterocycles. The standard InChI is InChI=1S/C21H23NO3/c23-20(17-7-3-1-4-8-17)22-15-16-11-13-18(14-12-16)21(24)25-19-9-5-2-6-10-19/h1-10,16,18H,11-15H2,(H,22,23). The van der Waals surface area contributed by atoms with Crippen molar-refractivity contribution in [2.75, 3.05) is 6.54 Å². The molecule has 2 aromatic rings. The SMILES string of the molecule is O=C(NCC1CCC(C(=O)Oc2ccccc2)CC1)c1ccccc1. The van der Waals surface area contributed by atoms with Crippen molar-refractivity contribution in [3.05, 3.63) is 66.2 Å². The summed E-state index contributed by atoms with van der Waals surface area (Å²) in [7, 11) is 0. The molecule has 1 N–H and O–H groups in total. The fraction of sp³-hybridized carbons (Fsp3) is 0.333. The van der Waals surface area contributed by atoms with E-state index in [1.54, 1.807) is 12.1 Å². The maximum absolute atomic E-state index is 12.2. The highest BCUT2D eigenvalue weighted by molar-refractivity contribution is 5.94. The summed E-state index contributed by atoms with van der Waals surface area (Å²) in [6.07, 6.45) is 3.50. The van der Waals surface area contributed by atoms with Crippen molar-refractivity contribution in [1.29, 1.82) is 0 Å². The van der Waals surface area contributed by atoms with Gasteiger partial charge < -0.3 is 10.1 Å². The van der Waals surface area contributed by atoms with Crippen LogP contribution in [-0.2, 0) is 4.79 Å². The monoisotopic (exact) mass is 337 g/mol. The lowest BCUT2D eigenvalue weighted by Gasteiger charge is -2.27. The number of benzene rings is 2. The minimum Gasteiger partial charge on any atom is -0.426 e. The number of hydrogen-bond acceptors (Lipinski definition) is 3. The van der Waals surface area contributed by atoms with E-state index >= 15 is 0 Å². The van der Waals surface area contributed by atoms with Crippen molar-refractivity contribution in [3.8, 4) is 5.75 Å². The molecule has 0 unspecified atom stereocenters. The van der Waals surface area contributed by atoms with Crippen LogP contribution in [0.25, 0.3) is 0 Å². The third kappa shape index (κ3) is 4.92. The van der Waals surface area contributed by atoms with E-state index in [-0.39, 0.29) is 17.8 Å². The molecule has 3 rings (SSSR count). The van der Waals surface area contributed by atoms with Crippen molar-refractivity contribution in [1.82, 2.24) is 5.32 Å². The van der Waals surface area contributed by atoms with E-state index in [0.717, 1.165) is 25.7 Å². The Morgan fingerprint density at radius 1 is 0.880 bits per heavy atom. The van der Waals surface area contributed by atoms with Crippen molar-refractivity contribution in [2.24, 2.45) is 11.8 Å². The van der Waals surface area contributed by atoms with Crippen LogP contribution in [0.1, 0.15) is 36.0 Å². The maximum Gasteiger partial charge on any atom is 0.314 e. The van der Waals surface area contributed by atoms with Crippen molar-refractivity contribution >= 4 is 11.9 Å². The van der Waals surface area contributed by atoms with Crippen LogP contribution in [0.3, 0.4) is 0 Å². The zero-order valence-electron chi connectivity index (χ0n) is 14.2.